The first-order valence-electron chi connectivity index (χ1n) is 11.7. The molecule has 2 heteroatoms. The molecule has 1 fully saturated rings. The molecule has 1 rings (SSSR count). The molecule has 0 heterocycles. The van der Waals surface area contributed by atoms with E-state index in [4.69, 9.17) is 0 Å². The molecular weight excluding hydrogens is 310 g/mol. The summed E-state index contributed by atoms with van der Waals surface area (Å²) in [5, 5.41) is 0.362. The van der Waals surface area contributed by atoms with Gasteiger partial charge in [-0.25, -0.2) is 0 Å². The molecule has 1 saturated carbocycles. The summed E-state index contributed by atoms with van der Waals surface area (Å²) in [7, 11) is 4.22. The van der Waals surface area contributed by atoms with E-state index in [2.05, 4.69) is 62.6 Å². The van der Waals surface area contributed by atoms with Crippen molar-refractivity contribution in [2.75, 3.05) is 0 Å². The molecule has 0 amide bonds. The minimum absolute atomic E-state index is 0.362. The van der Waals surface area contributed by atoms with Crippen LogP contribution in [0.25, 0.3) is 0 Å². The van der Waals surface area contributed by atoms with Crippen molar-refractivity contribution in [3.63, 3.8) is 0 Å². The Bertz CT molecular complexity index is 412. The standard InChI is InChI=1S/C24H48B2/c1-8-15-24(9-2,26-25)18-17-23(6,7)21-19-22(4,5)16-13-11-10-12-14-20(21)3/h20-21,25H,8-19H2,1-7H3. The monoisotopic (exact) mass is 358 g/mol. The van der Waals surface area contributed by atoms with Crippen molar-refractivity contribution in [2.45, 2.75) is 131 Å². The summed E-state index contributed by atoms with van der Waals surface area (Å²) in [6.07, 6.45) is 16.5. The van der Waals surface area contributed by atoms with Crippen LogP contribution in [0.2, 0.25) is 5.31 Å². The molecule has 0 nitrogen and oxygen atoms in total. The van der Waals surface area contributed by atoms with Crippen LogP contribution in [-0.2, 0) is 0 Å². The van der Waals surface area contributed by atoms with Crippen molar-refractivity contribution in [1.29, 1.82) is 0 Å². The van der Waals surface area contributed by atoms with Gasteiger partial charge in [-0.3, -0.25) is 0 Å². The summed E-state index contributed by atoms with van der Waals surface area (Å²) in [5.41, 5.74) is 0.921. The van der Waals surface area contributed by atoms with Gasteiger partial charge < -0.3 is 0 Å². The van der Waals surface area contributed by atoms with Crippen molar-refractivity contribution in [3.8, 4) is 0 Å². The molecule has 0 N–H and O–H groups in total. The first kappa shape index (κ1) is 24.2. The Kier molecular flexibility index (Phi) is 9.87. The number of hydrogen-bond acceptors (Lipinski definition) is 0. The molecule has 1 aliphatic rings. The zero-order valence-corrected chi connectivity index (χ0v) is 19.4. The molecule has 0 aromatic heterocycles. The van der Waals surface area contributed by atoms with E-state index in [9.17, 15) is 0 Å². The summed E-state index contributed by atoms with van der Waals surface area (Å²) in [4.78, 5) is 0. The van der Waals surface area contributed by atoms with E-state index < -0.39 is 0 Å². The third kappa shape index (κ3) is 7.27. The fourth-order valence-electron chi connectivity index (χ4n) is 5.65. The molecule has 0 radical (unpaired) electrons. The van der Waals surface area contributed by atoms with Gasteiger partial charge in [0, 0.05) is 0 Å². The van der Waals surface area contributed by atoms with Gasteiger partial charge in [-0.15, -0.1) is 0 Å². The zero-order chi connectivity index (χ0) is 19.8. The predicted molar refractivity (Wildman–Crippen MR) is 123 cm³/mol. The van der Waals surface area contributed by atoms with E-state index in [1.807, 2.05) is 0 Å². The van der Waals surface area contributed by atoms with Crippen LogP contribution in [0.1, 0.15) is 126 Å². The maximum atomic E-state index is 4.22. The van der Waals surface area contributed by atoms with Crippen LogP contribution in [-0.4, -0.2) is 14.2 Å². The van der Waals surface area contributed by atoms with Gasteiger partial charge >= 0.3 is 168 Å². The van der Waals surface area contributed by atoms with Crippen LogP contribution < -0.4 is 0 Å². The first-order chi connectivity index (χ1) is 12.1. The molecule has 150 valence electrons. The molecule has 0 saturated heterocycles. The predicted octanol–water partition coefficient (Wildman–Crippen LogP) is 7.70. The SMILES string of the molecule is B=BC(CC)(CCC)CCC(C)(C)C1CC(C)(C)CCCCCCC1C. The van der Waals surface area contributed by atoms with Gasteiger partial charge in [-0.1, -0.05) is 0 Å². The molecular formula is C24H48B2. The Morgan fingerprint density at radius 2 is 1.65 bits per heavy atom. The van der Waals surface area contributed by atoms with Gasteiger partial charge in [0.1, 0.15) is 0 Å². The molecule has 0 aromatic rings. The minimum atomic E-state index is 0.362. The number of hydrogen-bond donors (Lipinski definition) is 0. The van der Waals surface area contributed by atoms with Crippen molar-refractivity contribution in [3.05, 3.63) is 0 Å². The normalized spacial score (nSPS) is 27.3. The van der Waals surface area contributed by atoms with Gasteiger partial charge in [-0.2, -0.15) is 0 Å². The molecule has 3 atom stereocenters. The van der Waals surface area contributed by atoms with Gasteiger partial charge in [0.2, 0.25) is 0 Å². The fraction of sp³-hybridized carbons (Fsp3) is 1.00. The van der Waals surface area contributed by atoms with E-state index >= 15 is 0 Å². The summed E-state index contributed by atoms with van der Waals surface area (Å²) in [5.74, 6) is 1.70. The van der Waals surface area contributed by atoms with Gasteiger partial charge in [0.05, 0.1) is 0 Å². The van der Waals surface area contributed by atoms with Crippen LogP contribution >= 0.6 is 0 Å². The summed E-state index contributed by atoms with van der Waals surface area (Å²) < 4.78 is 0. The number of rotatable bonds is 8. The average Bonchev–Trinajstić information content (AvgIpc) is 2.59. The fourth-order valence-corrected chi connectivity index (χ4v) is 5.65. The Balaban J connectivity index is 2.93. The van der Waals surface area contributed by atoms with Crippen molar-refractivity contribution in [2.24, 2.45) is 22.7 Å². The van der Waals surface area contributed by atoms with Crippen molar-refractivity contribution in [1.82, 2.24) is 0 Å². The first-order valence-corrected chi connectivity index (χ1v) is 11.7. The summed E-state index contributed by atoms with van der Waals surface area (Å²) in [6.45, 7) is 19.7. The van der Waals surface area contributed by atoms with E-state index in [-0.39, 0.29) is 0 Å². The van der Waals surface area contributed by atoms with Crippen molar-refractivity contribution < 1.29 is 0 Å². The molecule has 3 unspecified atom stereocenters. The third-order valence-corrected chi connectivity index (χ3v) is 7.88. The maximum absolute atomic E-state index is 4.22. The molecule has 1 aliphatic carbocycles. The summed E-state index contributed by atoms with van der Waals surface area (Å²) >= 11 is 0. The van der Waals surface area contributed by atoms with E-state index in [1.165, 1.54) is 77.0 Å². The van der Waals surface area contributed by atoms with E-state index in [0.29, 0.717) is 16.1 Å². The Morgan fingerprint density at radius 1 is 1.00 bits per heavy atom. The Labute approximate surface area is 168 Å². The van der Waals surface area contributed by atoms with Gasteiger partial charge in [-0.05, 0) is 0 Å². The second kappa shape index (κ2) is 10.6. The Morgan fingerprint density at radius 3 is 2.23 bits per heavy atom. The van der Waals surface area contributed by atoms with Crippen molar-refractivity contribution >= 4 is 14.2 Å². The summed E-state index contributed by atoms with van der Waals surface area (Å²) in [6, 6.07) is 0. The van der Waals surface area contributed by atoms with Crippen LogP contribution in [0.4, 0.5) is 0 Å². The van der Waals surface area contributed by atoms with Crippen LogP contribution in [0.3, 0.4) is 0 Å². The van der Waals surface area contributed by atoms with E-state index in [1.54, 1.807) is 0 Å². The van der Waals surface area contributed by atoms with Crippen LogP contribution in [0.5, 0.6) is 0 Å². The molecule has 0 aromatic carbocycles. The molecule has 0 spiro atoms. The third-order valence-electron chi connectivity index (χ3n) is 7.88. The zero-order valence-electron chi connectivity index (χ0n) is 19.4. The quantitative estimate of drug-likeness (QED) is 0.390. The average molecular weight is 358 g/mol. The van der Waals surface area contributed by atoms with Crippen LogP contribution in [0.15, 0.2) is 0 Å². The molecule has 26 heavy (non-hydrogen) atoms. The van der Waals surface area contributed by atoms with Gasteiger partial charge in [0.25, 0.3) is 0 Å². The Hall–Kier alpha value is 0.130. The van der Waals surface area contributed by atoms with Gasteiger partial charge in [0.15, 0.2) is 0 Å². The van der Waals surface area contributed by atoms with E-state index in [0.717, 1.165) is 11.8 Å². The topological polar surface area (TPSA) is 0 Å². The van der Waals surface area contributed by atoms with Crippen LogP contribution in [0, 0.1) is 22.7 Å². The second-order valence-electron chi connectivity index (χ2n) is 11.1. The molecule has 0 bridgehead atoms. The molecule has 0 aliphatic heterocycles. The second-order valence-corrected chi connectivity index (χ2v) is 11.1.